The Labute approximate surface area is 125 Å². The van der Waals surface area contributed by atoms with Gasteiger partial charge < -0.3 is 0 Å². The number of carbonyl (C=O) groups excluding carboxylic acids is 1. The summed E-state index contributed by atoms with van der Waals surface area (Å²) in [7, 11) is 0. The van der Waals surface area contributed by atoms with Crippen molar-refractivity contribution in [3.63, 3.8) is 0 Å². The fourth-order valence-electron chi connectivity index (χ4n) is 1.74. The molecular formula is C15H12N4OS. The average molecular weight is 296 g/mol. The fourth-order valence-corrected chi connectivity index (χ4v) is 2.56. The quantitative estimate of drug-likeness (QED) is 0.806. The van der Waals surface area contributed by atoms with Crippen molar-refractivity contribution in [1.29, 1.82) is 0 Å². The van der Waals surface area contributed by atoms with Crippen molar-refractivity contribution in [2.45, 2.75) is 6.92 Å². The molecule has 0 fully saturated rings. The van der Waals surface area contributed by atoms with Crippen molar-refractivity contribution in [3.8, 4) is 10.4 Å². The van der Waals surface area contributed by atoms with Gasteiger partial charge in [0.2, 0.25) is 0 Å². The highest BCUT2D eigenvalue weighted by Crippen LogP contribution is 2.28. The van der Waals surface area contributed by atoms with Gasteiger partial charge >= 0.3 is 0 Å². The minimum atomic E-state index is -0.309. The normalized spacial score (nSPS) is 10.3. The van der Waals surface area contributed by atoms with Crippen LogP contribution < -0.4 is 5.32 Å². The van der Waals surface area contributed by atoms with E-state index in [4.69, 9.17) is 0 Å². The molecule has 0 aliphatic carbocycles. The summed E-state index contributed by atoms with van der Waals surface area (Å²) in [5.74, 6) is -0.309. The smallest absolute Gasteiger partial charge is 0.277 e. The number of aryl methyl sites for hydroxylation is 1. The Balaban J connectivity index is 1.75. The van der Waals surface area contributed by atoms with E-state index in [1.807, 2.05) is 37.3 Å². The first kappa shape index (κ1) is 13.4. The van der Waals surface area contributed by atoms with Crippen molar-refractivity contribution in [1.82, 2.24) is 15.0 Å². The second-order valence-electron chi connectivity index (χ2n) is 4.39. The first-order valence-electron chi connectivity index (χ1n) is 6.33. The molecule has 3 rings (SSSR count). The molecule has 1 N–H and O–H groups in total. The largest absolute Gasteiger partial charge is 0.296 e. The van der Waals surface area contributed by atoms with Crippen LogP contribution in [0.1, 0.15) is 16.2 Å². The van der Waals surface area contributed by atoms with E-state index in [2.05, 4.69) is 20.3 Å². The molecule has 0 saturated heterocycles. The predicted molar refractivity (Wildman–Crippen MR) is 82.3 cm³/mol. The van der Waals surface area contributed by atoms with Gasteiger partial charge in [-0.15, -0.1) is 0 Å². The molecule has 0 radical (unpaired) electrons. The number of nitrogens with one attached hydrogen (secondary N) is 1. The van der Waals surface area contributed by atoms with Gasteiger partial charge in [-0.1, -0.05) is 41.7 Å². The van der Waals surface area contributed by atoms with Crippen molar-refractivity contribution in [3.05, 3.63) is 60.3 Å². The van der Waals surface area contributed by atoms with Gasteiger partial charge in [0, 0.05) is 12.4 Å². The molecule has 0 bridgehead atoms. The summed E-state index contributed by atoms with van der Waals surface area (Å²) in [5.41, 5.74) is 2.12. The molecule has 2 heterocycles. The van der Waals surface area contributed by atoms with Crippen LogP contribution in [0.4, 0.5) is 5.13 Å². The molecule has 0 aliphatic heterocycles. The summed E-state index contributed by atoms with van der Waals surface area (Å²) in [6.45, 7) is 1.82. The first-order valence-corrected chi connectivity index (χ1v) is 7.15. The number of hydrogen-bond donors (Lipinski definition) is 1. The zero-order chi connectivity index (χ0) is 14.7. The molecule has 0 saturated carbocycles. The third kappa shape index (κ3) is 3.11. The van der Waals surface area contributed by atoms with E-state index < -0.39 is 0 Å². The monoisotopic (exact) mass is 296 g/mol. The van der Waals surface area contributed by atoms with Crippen LogP contribution in [-0.2, 0) is 0 Å². The third-order valence-corrected chi connectivity index (χ3v) is 3.76. The van der Waals surface area contributed by atoms with Crippen molar-refractivity contribution in [2.24, 2.45) is 0 Å². The fraction of sp³-hybridized carbons (Fsp3) is 0.0667. The van der Waals surface area contributed by atoms with Crippen LogP contribution in [-0.4, -0.2) is 20.9 Å². The van der Waals surface area contributed by atoms with Gasteiger partial charge in [0.25, 0.3) is 5.91 Å². The van der Waals surface area contributed by atoms with Crippen LogP contribution in [0, 0.1) is 6.92 Å². The van der Waals surface area contributed by atoms with Crippen LogP contribution >= 0.6 is 11.3 Å². The molecule has 21 heavy (non-hydrogen) atoms. The SMILES string of the molecule is Cc1cnc(C(=O)Nc2ncc(-c3ccccc3)s2)cn1. The number of amides is 1. The predicted octanol–water partition coefficient (Wildman–Crippen LogP) is 3.16. The Morgan fingerprint density at radius 2 is 1.86 bits per heavy atom. The highest BCUT2D eigenvalue weighted by Gasteiger charge is 2.11. The number of benzene rings is 1. The van der Waals surface area contributed by atoms with Crippen LogP contribution in [0.15, 0.2) is 48.9 Å². The summed E-state index contributed by atoms with van der Waals surface area (Å²) >= 11 is 1.42. The van der Waals surface area contributed by atoms with Gasteiger partial charge in [-0.3, -0.25) is 15.1 Å². The lowest BCUT2D eigenvalue weighted by molar-refractivity contribution is 0.102. The Hall–Kier alpha value is -2.60. The maximum atomic E-state index is 12.0. The molecule has 0 unspecified atom stereocenters. The maximum Gasteiger partial charge on any atom is 0.277 e. The molecule has 5 nitrogen and oxygen atoms in total. The van der Waals surface area contributed by atoms with Gasteiger partial charge in [-0.2, -0.15) is 0 Å². The molecular weight excluding hydrogens is 284 g/mol. The topological polar surface area (TPSA) is 67.8 Å². The third-order valence-electron chi connectivity index (χ3n) is 2.80. The number of hydrogen-bond acceptors (Lipinski definition) is 5. The van der Waals surface area contributed by atoms with Gasteiger partial charge in [0.1, 0.15) is 5.69 Å². The second kappa shape index (κ2) is 5.80. The van der Waals surface area contributed by atoms with E-state index in [1.54, 1.807) is 12.4 Å². The molecule has 2 aromatic heterocycles. The number of aromatic nitrogens is 3. The summed E-state index contributed by atoms with van der Waals surface area (Å²) in [4.78, 5) is 25.3. The lowest BCUT2D eigenvalue weighted by Gasteiger charge is -2.00. The summed E-state index contributed by atoms with van der Waals surface area (Å²) < 4.78 is 0. The lowest BCUT2D eigenvalue weighted by Crippen LogP contribution is -2.13. The standard InChI is InChI=1S/C15H12N4OS/c1-10-7-17-12(8-16-10)14(20)19-15-18-9-13(21-15)11-5-3-2-4-6-11/h2-9H,1H3,(H,18,19,20). The van der Waals surface area contributed by atoms with E-state index in [0.29, 0.717) is 5.13 Å². The number of carbonyl (C=O) groups is 1. The highest BCUT2D eigenvalue weighted by atomic mass is 32.1. The Morgan fingerprint density at radius 1 is 1.05 bits per heavy atom. The van der Waals surface area contributed by atoms with E-state index in [9.17, 15) is 4.79 Å². The number of nitrogens with zero attached hydrogens (tertiary/aromatic N) is 3. The lowest BCUT2D eigenvalue weighted by atomic mass is 10.2. The minimum absolute atomic E-state index is 0.275. The van der Waals surface area contributed by atoms with E-state index in [1.165, 1.54) is 17.5 Å². The minimum Gasteiger partial charge on any atom is -0.296 e. The number of anilines is 1. The number of rotatable bonds is 3. The van der Waals surface area contributed by atoms with Gasteiger partial charge in [0.05, 0.1) is 16.8 Å². The molecule has 0 atom stereocenters. The summed E-state index contributed by atoms with van der Waals surface area (Å²) in [6.07, 6.45) is 4.76. The Morgan fingerprint density at radius 3 is 2.57 bits per heavy atom. The molecule has 1 amide bonds. The summed E-state index contributed by atoms with van der Waals surface area (Å²) in [5, 5.41) is 3.28. The van der Waals surface area contributed by atoms with Gasteiger partial charge in [-0.05, 0) is 12.5 Å². The van der Waals surface area contributed by atoms with E-state index in [-0.39, 0.29) is 11.6 Å². The Kier molecular flexibility index (Phi) is 3.70. The second-order valence-corrected chi connectivity index (χ2v) is 5.42. The molecule has 104 valence electrons. The summed E-state index contributed by atoms with van der Waals surface area (Å²) in [6, 6.07) is 9.91. The van der Waals surface area contributed by atoms with Crippen LogP contribution in [0.5, 0.6) is 0 Å². The van der Waals surface area contributed by atoms with Gasteiger partial charge in [0.15, 0.2) is 5.13 Å². The van der Waals surface area contributed by atoms with Crippen LogP contribution in [0.25, 0.3) is 10.4 Å². The first-order chi connectivity index (χ1) is 10.2. The van der Waals surface area contributed by atoms with Crippen molar-refractivity contribution < 1.29 is 4.79 Å². The van der Waals surface area contributed by atoms with Crippen LogP contribution in [0.2, 0.25) is 0 Å². The zero-order valence-corrected chi connectivity index (χ0v) is 12.1. The number of thiazole rings is 1. The van der Waals surface area contributed by atoms with Crippen molar-refractivity contribution in [2.75, 3.05) is 5.32 Å². The molecule has 1 aromatic carbocycles. The molecule has 0 aliphatic rings. The maximum absolute atomic E-state index is 12.0. The molecule has 6 heteroatoms. The zero-order valence-electron chi connectivity index (χ0n) is 11.3. The average Bonchev–Trinajstić information content (AvgIpc) is 2.97. The van der Waals surface area contributed by atoms with E-state index >= 15 is 0 Å². The molecule has 3 aromatic rings. The van der Waals surface area contributed by atoms with E-state index in [0.717, 1.165) is 16.1 Å². The molecule has 0 spiro atoms. The highest BCUT2D eigenvalue weighted by molar-refractivity contribution is 7.19. The van der Waals surface area contributed by atoms with Crippen molar-refractivity contribution >= 4 is 22.4 Å². The van der Waals surface area contributed by atoms with Crippen LogP contribution in [0.3, 0.4) is 0 Å². The Bertz CT molecular complexity index is 753. The van der Waals surface area contributed by atoms with Gasteiger partial charge in [-0.25, -0.2) is 9.97 Å².